The molecule has 0 bridgehead atoms. The van der Waals surface area contributed by atoms with Crippen LogP contribution in [0.25, 0.3) is 0 Å². The first-order valence-corrected chi connectivity index (χ1v) is 6.57. The van der Waals surface area contributed by atoms with Crippen molar-refractivity contribution in [3.63, 3.8) is 0 Å². The first-order chi connectivity index (χ1) is 9.93. The van der Waals surface area contributed by atoms with Crippen molar-refractivity contribution >= 4 is 17.9 Å². The fraction of sp³-hybridized carbons (Fsp3) is 0.357. The number of nitrogens with two attached hydrogens (primary N) is 1. The number of carbonyl (C=O) groups is 3. The zero-order valence-electron chi connectivity index (χ0n) is 11.7. The molecule has 0 radical (unpaired) electrons. The monoisotopic (exact) mass is 293 g/mol. The van der Waals surface area contributed by atoms with Crippen LogP contribution in [0.2, 0.25) is 0 Å². The molecule has 0 spiro atoms. The van der Waals surface area contributed by atoms with Crippen molar-refractivity contribution in [2.24, 2.45) is 5.73 Å². The molecule has 0 aliphatic rings. The molecule has 7 nitrogen and oxygen atoms in total. The van der Waals surface area contributed by atoms with Gasteiger partial charge in [0.25, 0.3) is 0 Å². The average Bonchev–Trinajstić information content (AvgIpc) is 2.44. The maximum Gasteiger partial charge on any atom is 0.326 e. The molecule has 1 aromatic carbocycles. The molecular weight excluding hydrogens is 274 g/mol. The second-order valence-electron chi connectivity index (χ2n) is 4.55. The summed E-state index contributed by atoms with van der Waals surface area (Å²) < 4.78 is 0. The number of hydrogen-bond donors (Lipinski definition) is 4. The fourth-order valence-electron chi connectivity index (χ4n) is 1.87. The SMILES string of the molecule is CCC(NC(=O)NC(CC(N)=O)C(=O)O)c1ccccc1. The van der Waals surface area contributed by atoms with Gasteiger partial charge in [-0.05, 0) is 12.0 Å². The van der Waals surface area contributed by atoms with E-state index in [1.54, 1.807) is 0 Å². The molecule has 7 heteroatoms. The van der Waals surface area contributed by atoms with Crippen LogP contribution in [0.3, 0.4) is 0 Å². The van der Waals surface area contributed by atoms with E-state index in [2.05, 4.69) is 10.6 Å². The van der Waals surface area contributed by atoms with Gasteiger partial charge in [-0.2, -0.15) is 0 Å². The predicted molar refractivity (Wildman–Crippen MR) is 76.4 cm³/mol. The van der Waals surface area contributed by atoms with Gasteiger partial charge in [0.15, 0.2) is 0 Å². The smallest absolute Gasteiger partial charge is 0.326 e. The molecule has 0 aromatic heterocycles. The first-order valence-electron chi connectivity index (χ1n) is 6.57. The summed E-state index contributed by atoms with van der Waals surface area (Å²) in [5.74, 6) is -2.10. The predicted octanol–water partition coefficient (Wildman–Crippen LogP) is 0.766. The third kappa shape index (κ3) is 5.52. The number of amides is 3. The van der Waals surface area contributed by atoms with Crippen molar-refractivity contribution in [3.8, 4) is 0 Å². The Morgan fingerprint density at radius 2 is 1.81 bits per heavy atom. The normalized spacial score (nSPS) is 13.0. The van der Waals surface area contributed by atoms with Gasteiger partial charge in [0, 0.05) is 0 Å². The van der Waals surface area contributed by atoms with Crippen LogP contribution in [0.1, 0.15) is 31.4 Å². The van der Waals surface area contributed by atoms with Crippen LogP contribution in [-0.4, -0.2) is 29.1 Å². The Hall–Kier alpha value is -2.57. The highest BCUT2D eigenvalue weighted by Crippen LogP contribution is 2.15. The van der Waals surface area contributed by atoms with Gasteiger partial charge >= 0.3 is 12.0 Å². The molecular formula is C14H19N3O4. The number of benzene rings is 1. The number of rotatable bonds is 7. The highest BCUT2D eigenvalue weighted by Gasteiger charge is 2.23. The van der Waals surface area contributed by atoms with Crippen LogP contribution in [-0.2, 0) is 9.59 Å². The first kappa shape index (κ1) is 16.5. The van der Waals surface area contributed by atoms with E-state index in [4.69, 9.17) is 10.8 Å². The number of primary amides is 1. The zero-order valence-corrected chi connectivity index (χ0v) is 11.7. The van der Waals surface area contributed by atoms with E-state index in [-0.39, 0.29) is 6.04 Å². The zero-order chi connectivity index (χ0) is 15.8. The van der Waals surface area contributed by atoms with E-state index in [1.165, 1.54) is 0 Å². The van der Waals surface area contributed by atoms with Crippen LogP contribution in [0.4, 0.5) is 4.79 Å². The summed E-state index contributed by atoms with van der Waals surface area (Å²) in [5.41, 5.74) is 5.87. The standard InChI is InChI=1S/C14H19N3O4/c1-2-10(9-6-4-3-5-7-9)16-14(21)17-11(13(19)20)8-12(15)18/h3-7,10-11H,2,8H2,1H3,(H2,15,18)(H,19,20)(H2,16,17,21). The molecule has 0 aliphatic carbocycles. The topological polar surface area (TPSA) is 122 Å². The van der Waals surface area contributed by atoms with E-state index < -0.39 is 30.4 Å². The van der Waals surface area contributed by atoms with Crippen LogP contribution in [0.5, 0.6) is 0 Å². The minimum atomic E-state index is -1.34. The molecule has 114 valence electrons. The number of aliphatic carboxylic acids is 1. The van der Waals surface area contributed by atoms with Gasteiger partial charge in [-0.3, -0.25) is 4.79 Å². The molecule has 0 saturated carbocycles. The molecule has 0 aliphatic heterocycles. The molecule has 0 fully saturated rings. The largest absolute Gasteiger partial charge is 0.480 e. The second-order valence-corrected chi connectivity index (χ2v) is 4.55. The van der Waals surface area contributed by atoms with Gasteiger partial charge in [0.05, 0.1) is 12.5 Å². The van der Waals surface area contributed by atoms with Crippen molar-refractivity contribution in [2.45, 2.75) is 31.8 Å². The number of nitrogens with one attached hydrogen (secondary N) is 2. The summed E-state index contributed by atoms with van der Waals surface area (Å²) >= 11 is 0. The maximum atomic E-state index is 11.8. The molecule has 5 N–H and O–H groups in total. The van der Waals surface area contributed by atoms with Crippen LogP contribution in [0.15, 0.2) is 30.3 Å². The Bertz CT molecular complexity index is 504. The van der Waals surface area contributed by atoms with Crippen molar-refractivity contribution in [1.29, 1.82) is 0 Å². The Kier molecular flexibility index (Phi) is 6.19. The summed E-state index contributed by atoms with van der Waals surface area (Å²) in [6.45, 7) is 1.90. The number of carboxylic acids is 1. The summed E-state index contributed by atoms with van der Waals surface area (Å²) in [4.78, 5) is 33.6. The Labute approximate surface area is 122 Å². The van der Waals surface area contributed by atoms with Crippen molar-refractivity contribution in [3.05, 3.63) is 35.9 Å². The van der Waals surface area contributed by atoms with Crippen molar-refractivity contribution < 1.29 is 19.5 Å². The molecule has 2 unspecified atom stereocenters. The number of carboxylic acid groups (broad SMARTS) is 1. The summed E-state index contributed by atoms with van der Waals surface area (Å²) in [6.07, 6.45) is 0.190. The van der Waals surface area contributed by atoms with Gasteiger partial charge < -0.3 is 21.5 Å². The van der Waals surface area contributed by atoms with Gasteiger partial charge in [-0.15, -0.1) is 0 Å². The third-order valence-corrected chi connectivity index (χ3v) is 2.92. The Morgan fingerprint density at radius 3 is 2.29 bits per heavy atom. The quantitative estimate of drug-likeness (QED) is 0.593. The summed E-state index contributed by atoms with van der Waals surface area (Å²) in [7, 11) is 0. The number of hydrogen-bond acceptors (Lipinski definition) is 3. The second kappa shape index (κ2) is 7.88. The van der Waals surface area contributed by atoms with Gasteiger partial charge in [0.2, 0.25) is 5.91 Å². The number of urea groups is 1. The van der Waals surface area contributed by atoms with Gasteiger partial charge in [-0.1, -0.05) is 37.3 Å². The van der Waals surface area contributed by atoms with Crippen molar-refractivity contribution in [1.82, 2.24) is 10.6 Å². The van der Waals surface area contributed by atoms with Crippen molar-refractivity contribution in [2.75, 3.05) is 0 Å². The molecule has 0 saturated heterocycles. The third-order valence-electron chi connectivity index (χ3n) is 2.92. The summed E-state index contributed by atoms with van der Waals surface area (Å²) in [6, 6.07) is 7.07. The minimum Gasteiger partial charge on any atom is -0.480 e. The molecule has 0 heterocycles. The molecule has 1 rings (SSSR count). The molecule has 2 atom stereocenters. The Morgan fingerprint density at radius 1 is 1.19 bits per heavy atom. The lowest BCUT2D eigenvalue weighted by Crippen LogP contribution is -2.48. The Balaban J connectivity index is 2.66. The highest BCUT2D eigenvalue weighted by atomic mass is 16.4. The maximum absolute atomic E-state index is 11.8. The lowest BCUT2D eigenvalue weighted by atomic mass is 10.1. The van der Waals surface area contributed by atoms with E-state index in [1.807, 2.05) is 37.3 Å². The lowest BCUT2D eigenvalue weighted by molar-refractivity contribution is -0.140. The highest BCUT2D eigenvalue weighted by molar-refractivity contribution is 5.87. The van der Waals surface area contributed by atoms with E-state index in [0.717, 1.165) is 5.56 Å². The fourth-order valence-corrected chi connectivity index (χ4v) is 1.87. The van der Waals surface area contributed by atoms with E-state index >= 15 is 0 Å². The average molecular weight is 293 g/mol. The lowest BCUT2D eigenvalue weighted by Gasteiger charge is -2.20. The van der Waals surface area contributed by atoms with E-state index in [9.17, 15) is 14.4 Å². The minimum absolute atomic E-state index is 0.241. The van der Waals surface area contributed by atoms with Crippen LogP contribution in [0, 0.1) is 0 Å². The van der Waals surface area contributed by atoms with Gasteiger partial charge in [0.1, 0.15) is 6.04 Å². The molecule has 21 heavy (non-hydrogen) atoms. The molecule has 3 amide bonds. The van der Waals surface area contributed by atoms with E-state index in [0.29, 0.717) is 6.42 Å². The van der Waals surface area contributed by atoms with Crippen LogP contribution < -0.4 is 16.4 Å². The van der Waals surface area contributed by atoms with Gasteiger partial charge in [-0.25, -0.2) is 9.59 Å². The summed E-state index contributed by atoms with van der Waals surface area (Å²) in [5, 5.41) is 13.8. The number of carbonyl (C=O) groups excluding carboxylic acids is 2. The van der Waals surface area contributed by atoms with Crippen LogP contribution >= 0.6 is 0 Å². The molecule has 1 aromatic rings.